The number of carbonyl (C=O) groups excluding carboxylic acids is 2. The molecule has 0 saturated heterocycles. The van der Waals surface area contributed by atoms with Crippen LogP contribution in [0.15, 0.2) is 12.3 Å². The predicted octanol–water partition coefficient (Wildman–Crippen LogP) is 2.31. The number of carbonyl (C=O) groups is 2. The van der Waals surface area contributed by atoms with Crippen molar-refractivity contribution in [2.24, 2.45) is 22.7 Å². The smallest absolute Gasteiger partial charge is 0.323 e. The minimum atomic E-state index is -1.15. The Kier molecular flexibility index (Phi) is 4.30. The molecule has 5 nitrogen and oxygen atoms in total. The Bertz CT molecular complexity index is 438. The molecule has 0 aromatic heterocycles. The van der Waals surface area contributed by atoms with Crippen molar-refractivity contribution in [1.82, 2.24) is 0 Å². The van der Waals surface area contributed by atoms with Crippen molar-refractivity contribution >= 4 is 11.9 Å². The van der Waals surface area contributed by atoms with Gasteiger partial charge in [0.05, 0.1) is 26.6 Å². The van der Waals surface area contributed by atoms with Gasteiger partial charge >= 0.3 is 11.9 Å². The van der Waals surface area contributed by atoms with Crippen LogP contribution >= 0.6 is 0 Å². The third-order valence-corrected chi connectivity index (χ3v) is 5.06. The monoisotopic (exact) mass is 296 g/mol. The zero-order valence-corrected chi connectivity index (χ0v) is 13.2. The van der Waals surface area contributed by atoms with E-state index in [1.165, 1.54) is 0 Å². The van der Waals surface area contributed by atoms with Crippen molar-refractivity contribution in [2.45, 2.75) is 33.6 Å². The Hall–Kier alpha value is -1.52. The van der Waals surface area contributed by atoms with Gasteiger partial charge in [-0.15, -0.1) is 0 Å². The van der Waals surface area contributed by atoms with Crippen molar-refractivity contribution in [2.75, 3.05) is 20.3 Å². The summed E-state index contributed by atoms with van der Waals surface area (Å²) in [6.45, 7) is 6.17. The topological polar surface area (TPSA) is 61.8 Å². The van der Waals surface area contributed by atoms with E-state index in [4.69, 9.17) is 14.2 Å². The molecular weight excluding hydrogens is 272 g/mol. The van der Waals surface area contributed by atoms with Crippen LogP contribution in [0.4, 0.5) is 0 Å². The molecule has 0 unspecified atom stereocenters. The molecule has 0 aliphatic heterocycles. The van der Waals surface area contributed by atoms with Crippen LogP contribution in [0, 0.1) is 22.7 Å². The van der Waals surface area contributed by atoms with Crippen molar-refractivity contribution in [3.63, 3.8) is 0 Å². The summed E-state index contributed by atoms with van der Waals surface area (Å²) in [5.74, 6) is -0.153. The first-order valence-electron chi connectivity index (χ1n) is 7.53. The van der Waals surface area contributed by atoms with Crippen LogP contribution in [0.1, 0.15) is 33.6 Å². The number of fused-ring (bicyclic) bond motifs is 1. The van der Waals surface area contributed by atoms with Gasteiger partial charge in [-0.05, 0) is 50.0 Å². The Labute approximate surface area is 125 Å². The average molecular weight is 296 g/mol. The maximum Gasteiger partial charge on any atom is 0.323 e. The average Bonchev–Trinajstić information content (AvgIpc) is 2.85. The number of ether oxygens (including phenoxy) is 3. The van der Waals surface area contributed by atoms with Gasteiger partial charge in [-0.2, -0.15) is 0 Å². The highest BCUT2D eigenvalue weighted by molar-refractivity contribution is 6.01. The van der Waals surface area contributed by atoms with Gasteiger partial charge in [0, 0.05) is 0 Å². The standard InChI is InChI=1S/C16H24O5/c1-5-20-13(17)16(14(18)21-6-2)9-12-11(3)15(12,10-16)7-8-19-4/h7-8,11-12H,5-6,9-10H2,1-4H3/b8-7-/t11-,12-,15+/m1/s1. The van der Waals surface area contributed by atoms with E-state index in [-0.39, 0.29) is 18.6 Å². The molecule has 0 aromatic rings. The van der Waals surface area contributed by atoms with Crippen molar-refractivity contribution < 1.29 is 23.8 Å². The number of hydrogen-bond acceptors (Lipinski definition) is 5. The van der Waals surface area contributed by atoms with Gasteiger partial charge in [0.25, 0.3) is 0 Å². The van der Waals surface area contributed by atoms with Crippen LogP contribution in [0.5, 0.6) is 0 Å². The lowest BCUT2D eigenvalue weighted by atomic mass is 9.78. The van der Waals surface area contributed by atoms with Gasteiger partial charge in [0.2, 0.25) is 0 Å². The molecule has 0 bridgehead atoms. The number of allylic oxidation sites excluding steroid dienone is 1. The summed E-state index contributed by atoms with van der Waals surface area (Å²) in [5, 5.41) is 0. The van der Waals surface area contributed by atoms with E-state index in [1.54, 1.807) is 27.2 Å². The molecule has 2 aliphatic rings. The molecule has 21 heavy (non-hydrogen) atoms. The second-order valence-electron chi connectivity index (χ2n) is 5.95. The first kappa shape index (κ1) is 15.9. The Morgan fingerprint density at radius 1 is 1.19 bits per heavy atom. The maximum atomic E-state index is 12.4. The molecule has 3 atom stereocenters. The molecular formula is C16H24O5. The largest absolute Gasteiger partial charge is 0.505 e. The van der Waals surface area contributed by atoms with Gasteiger partial charge in [0.15, 0.2) is 5.41 Å². The highest BCUT2D eigenvalue weighted by Crippen LogP contribution is 2.74. The fourth-order valence-electron chi connectivity index (χ4n) is 3.85. The van der Waals surface area contributed by atoms with Crippen LogP contribution in [0.25, 0.3) is 0 Å². The molecule has 118 valence electrons. The summed E-state index contributed by atoms with van der Waals surface area (Å²) in [6, 6.07) is 0. The van der Waals surface area contributed by atoms with E-state index in [2.05, 4.69) is 6.92 Å². The summed E-state index contributed by atoms with van der Waals surface area (Å²) in [7, 11) is 1.59. The number of hydrogen-bond donors (Lipinski definition) is 0. The minimum absolute atomic E-state index is 0.143. The third-order valence-electron chi connectivity index (χ3n) is 5.06. The molecule has 0 N–H and O–H groups in total. The maximum absolute atomic E-state index is 12.4. The van der Waals surface area contributed by atoms with E-state index < -0.39 is 17.4 Å². The minimum Gasteiger partial charge on any atom is -0.505 e. The number of methoxy groups -OCH3 is 1. The molecule has 0 spiro atoms. The lowest BCUT2D eigenvalue weighted by molar-refractivity contribution is -0.173. The van der Waals surface area contributed by atoms with E-state index in [0.717, 1.165) is 0 Å². The van der Waals surface area contributed by atoms with Crippen molar-refractivity contribution in [3.8, 4) is 0 Å². The first-order valence-corrected chi connectivity index (χ1v) is 7.53. The van der Waals surface area contributed by atoms with E-state index in [0.29, 0.717) is 24.7 Å². The SMILES string of the molecule is CCOC(=O)C1(C(=O)OCC)C[C@@H]2[C@@H](C)[C@]2(/C=C\OC)C1. The van der Waals surface area contributed by atoms with Crippen molar-refractivity contribution in [1.29, 1.82) is 0 Å². The number of rotatable bonds is 6. The fourth-order valence-corrected chi connectivity index (χ4v) is 3.85. The molecule has 0 aromatic carbocycles. The molecule has 2 aliphatic carbocycles. The van der Waals surface area contributed by atoms with Gasteiger partial charge in [-0.1, -0.05) is 6.92 Å². The summed E-state index contributed by atoms with van der Waals surface area (Å²) in [5.41, 5.74) is -1.29. The second kappa shape index (κ2) is 5.70. The van der Waals surface area contributed by atoms with E-state index in [1.807, 2.05) is 6.08 Å². The molecule has 0 amide bonds. The molecule has 5 heteroatoms. The zero-order chi connectivity index (χ0) is 15.7. The molecule has 2 fully saturated rings. The Morgan fingerprint density at radius 3 is 2.24 bits per heavy atom. The predicted molar refractivity (Wildman–Crippen MR) is 76.2 cm³/mol. The quantitative estimate of drug-likeness (QED) is 0.427. The van der Waals surface area contributed by atoms with Gasteiger partial charge in [-0.3, -0.25) is 9.59 Å². The van der Waals surface area contributed by atoms with Crippen LogP contribution < -0.4 is 0 Å². The van der Waals surface area contributed by atoms with Gasteiger partial charge in [-0.25, -0.2) is 0 Å². The normalized spacial score (nSPS) is 32.6. The Morgan fingerprint density at radius 2 is 1.76 bits per heavy atom. The highest BCUT2D eigenvalue weighted by atomic mass is 16.6. The fraction of sp³-hybridized carbons (Fsp3) is 0.750. The van der Waals surface area contributed by atoms with E-state index in [9.17, 15) is 9.59 Å². The second-order valence-corrected chi connectivity index (χ2v) is 5.95. The molecule has 0 radical (unpaired) electrons. The molecule has 2 saturated carbocycles. The van der Waals surface area contributed by atoms with Crippen LogP contribution in [-0.2, 0) is 23.8 Å². The Balaban J connectivity index is 2.27. The number of esters is 2. The summed E-state index contributed by atoms with van der Waals surface area (Å²) < 4.78 is 15.3. The first-order chi connectivity index (χ1) is 9.98. The lowest BCUT2D eigenvalue weighted by Gasteiger charge is -2.28. The van der Waals surface area contributed by atoms with Crippen LogP contribution in [0.3, 0.4) is 0 Å². The zero-order valence-electron chi connectivity index (χ0n) is 13.2. The van der Waals surface area contributed by atoms with Gasteiger partial charge in [0.1, 0.15) is 0 Å². The summed E-state index contributed by atoms with van der Waals surface area (Å²) in [4.78, 5) is 24.8. The van der Waals surface area contributed by atoms with E-state index >= 15 is 0 Å². The summed E-state index contributed by atoms with van der Waals surface area (Å²) in [6.07, 6.45) is 4.58. The summed E-state index contributed by atoms with van der Waals surface area (Å²) >= 11 is 0. The van der Waals surface area contributed by atoms with Crippen LogP contribution in [-0.4, -0.2) is 32.3 Å². The highest BCUT2D eigenvalue weighted by Gasteiger charge is 2.74. The third kappa shape index (κ3) is 2.32. The molecule has 0 heterocycles. The lowest BCUT2D eigenvalue weighted by Crippen LogP contribution is -2.42. The van der Waals surface area contributed by atoms with Crippen molar-refractivity contribution in [3.05, 3.63) is 12.3 Å². The van der Waals surface area contributed by atoms with Crippen LogP contribution in [0.2, 0.25) is 0 Å². The molecule has 2 rings (SSSR count). The van der Waals surface area contributed by atoms with Gasteiger partial charge < -0.3 is 14.2 Å².